The first-order valence-electron chi connectivity index (χ1n) is 13.2. The van der Waals surface area contributed by atoms with Crippen molar-refractivity contribution in [1.82, 2.24) is 20.4 Å². The molecule has 40 heavy (non-hydrogen) atoms. The zero-order chi connectivity index (χ0) is 28.1. The standard InChI is InChI=1S/C32H30N4O4/c1-3-18-33-30(37)26(19-22-12-7-5-8-13-22)36-21-27-28(31(36)38)29(34-32(39)35(27)4-2)23-14-11-17-25(20-23)40-24-15-9-6-10-16-24/h1,5-17,20,26,29H,4,18-19,21H2,2H3,(H,33,37)(H,34,39). The fraction of sp³-hybridized carbons (Fsp3) is 0.219. The highest BCUT2D eigenvalue weighted by Crippen LogP contribution is 2.38. The zero-order valence-electron chi connectivity index (χ0n) is 22.2. The number of carbonyl (C=O) groups excluding carboxylic acids is 3. The van der Waals surface area contributed by atoms with E-state index < -0.39 is 12.1 Å². The largest absolute Gasteiger partial charge is 0.457 e. The van der Waals surface area contributed by atoms with Gasteiger partial charge in [-0.3, -0.25) is 14.5 Å². The lowest BCUT2D eigenvalue weighted by atomic mass is 9.95. The van der Waals surface area contributed by atoms with Crippen molar-refractivity contribution in [3.63, 3.8) is 0 Å². The summed E-state index contributed by atoms with van der Waals surface area (Å²) in [5, 5.41) is 5.74. The summed E-state index contributed by atoms with van der Waals surface area (Å²) in [6.07, 6.45) is 5.69. The molecule has 0 radical (unpaired) electrons. The van der Waals surface area contributed by atoms with Crippen LogP contribution < -0.4 is 15.4 Å². The van der Waals surface area contributed by atoms with E-state index in [4.69, 9.17) is 11.2 Å². The molecule has 8 heteroatoms. The van der Waals surface area contributed by atoms with Crippen molar-refractivity contribution in [2.45, 2.75) is 25.4 Å². The maximum Gasteiger partial charge on any atom is 0.322 e. The topological polar surface area (TPSA) is 91.0 Å². The van der Waals surface area contributed by atoms with Gasteiger partial charge in [0.15, 0.2) is 0 Å². The van der Waals surface area contributed by atoms with Gasteiger partial charge in [-0.15, -0.1) is 6.42 Å². The van der Waals surface area contributed by atoms with Crippen LogP contribution in [0.4, 0.5) is 4.79 Å². The fourth-order valence-corrected chi connectivity index (χ4v) is 5.17. The minimum absolute atomic E-state index is 0.0528. The summed E-state index contributed by atoms with van der Waals surface area (Å²) in [5.74, 6) is 3.03. The molecule has 4 amide bonds. The molecule has 2 N–H and O–H groups in total. The highest BCUT2D eigenvalue weighted by molar-refractivity contribution is 6.03. The van der Waals surface area contributed by atoms with Crippen LogP contribution in [-0.2, 0) is 16.0 Å². The van der Waals surface area contributed by atoms with Gasteiger partial charge in [0.25, 0.3) is 5.91 Å². The molecule has 2 unspecified atom stereocenters. The molecule has 0 saturated heterocycles. The Hall–Kier alpha value is -5.03. The maximum atomic E-state index is 14.1. The van der Waals surface area contributed by atoms with Crippen molar-refractivity contribution >= 4 is 17.8 Å². The summed E-state index contributed by atoms with van der Waals surface area (Å²) in [6, 6.07) is 24.4. The number of urea groups is 1. The summed E-state index contributed by atoms with van der Waals surface area (Å²) in [6.45, 7) is 2.42. The number of hydrogen-bond acceptors (Lipinski definition) is 4. The molecular weight excluding hydrogens is 504 g/mol. The normalized spacial score (nSPS) is 17.1. The van der Waals surface area contributed by atoms with E-state index in [-0.39, 0.29) is 30.9 Å². The van der Waals surface area contributed by atoms with Crippen LogP contribution in [0.2, 0.25) is 0 Å². The highest BCUT2D eigenvalue weighted by Gasteiger charge is 2.46. The van der Waals surface area contributed by atoms with Gasteiger partial charge >= 0.3 is 6.03 Å². The summed E-state index contributed by atoms with van der Waals surface area (Å²) in [7, 11) is 0. The molecule has 202 valence electrons. The molecule has 2 aliphatic heterocycles. The van der Waals surface area contributed by atoms with Crippen LogP contribution in [0.25, 0.3) is 0 Å². The molecule has 0 saturated carbocycles. The third-order valence-electron chi connectivity index (χ3n) is 7.05. The Morgan fingerprint density at radius 2 is 1.75 bits per heavy atom. The average Bonchev–Trinajstić information content (AvgIpc) is 3.31. The smallest absolute Gasteiger partial charge is 0.322 e. The van der Waals surface area contributed by atoms with Crippen LogP contribution in [0.1, 0.15) is 24.1 Å². The minimum Gasteiger partial charge on any atom is -0.457 e. The molecule has 0 spiro atoms. The Morgan fingerprint density at radius 1 is 1.05 bits per heavy atom. The highest BCUT2D eigenvalue weighted by atomic mass is 16.5. The summed E-state index contributed by atoms with van der Waals surface area (Å²) in [5.41, 5.74) is 2.65. The van der Waals surface area contributed by atoms with E-state index in [0.717, 1.165) is 5.56 Å². The van der Waals surface area contributed by atoms with Gasteiger partial charge in [0.05, 0.1) is 30.4 Å². The Morgan fingerprint density at radius 3 is 2.45 bits per heavy atom. The van der Waals surface area contributed by atoms with Crippen LogP contribution in [0.5, 0.6) is 11.5 Å². The summed E-state index contributed by atoms with van der Waals surface area (Å²) < 4.78 is 6.01. The van der Waals surface area contributed by atoms with E-state index in [2.05, 4.69) is 16.6 Å². The van der Waals surface area contributed by atoms with Crippen LogP contribution >= 0.6 is 0 Å². The van der Waals surface area contributed by atoms with Gasteiger partial charge in [0.2, 0.25) is 5.91 Å². The summed E-state index contributed by atoms with van der Waals surface area (Å²) in [4.78, 5) is 43.7. The number of ether oxygens (including phenoxy) is 1. The van der Waals surface area contributed by atoms with E-state index >= 15 is 0 Å². The second-order valence-electron chi connectivity index (χ2n) is 9.54. The molecule has 8 nitrogen and oxygen atoms in total. The molecule has 2 heterocycles. The van der Waals surface area contributed by atoms with E-state index in [9.17, 15) is 14.4 Å². The van der Waals surface area contributed by atoms with Crippen molar-refractivity contribution in [2.24, 2.45) is 0 Å². The van der Waals surface area contributed by atoms with Gasteiger partial charge in [-0.2, -0.15) is 0 Å². The molecule has 2 atom stereocenters. The SMILES string of the molecule is C#CCNC(=O)C(Cc1ccccc1)N1CC2=C(C1=O)C(c1cccc(Oc3ccccc3)c1)NC(=O)N2CC. The number of benzene rings is 3. The van der Waals surface area contributed by atoms with E-state index in [1.807, 2.05) is 91.9 Å². The quantitative estimate of drug-likeness (QED) is 0.406. The van der Waals surface area contributed by atoms with Crippen molar-refractivity contribution in [1.29, 1.82) is 0 Å². The average molecular weight is 535 g/mol. The van der Waals surface area contributed by atoms with Gasteiger partial charge in [-0.25, -0.2) is 4.79 Å². The number of nitrogens with one attached hydrogen (secondary N) is 2. The number of terminal acetylenes is 1. The number of nitrogens with zero attached hydrogens (tertiary/aromatic N) is 2. The third kappa shape index (κ3) is 5.40. The van der Waals surface area contributed by atoms with Crippen molar-refractivity contribution < 1.29 is 19.1 Å². The number of rotatable bonds is 9. The van der Waals surface area contributed by atoms with Crippen molar-refractivity contribution in [3.8, 4) is 23.8 Å². The lowest BCUT2D eigenvalue weighted by molar-refractivity contribution is -0.136. The van der Waals surface area contributed by atoms with E-state index in [1.165, 1.54) is 0 Å². The Kier molecular flexibility index (Phi) is 7.83. The maximum absolute atomic E-state index is 14.1. The molecule has 5 rings (SSSR count). The van der Waals surface area contributed by atoms with Gasteiger partial charge in [-0.05, 0) is 42.3 Å². The Balaban J connectivity index is 1.49. The number of carbonyl (C=O) groups is 3. The predicted octanol–water partition coefficient (Wildman–Crippen LogP) is 4.02. The molecule has 0 fully saturated rings. The van der Waals surface area contributed by atoms with E-state index in [0.29, 0.717) is 41.3 Å². The van der Waals surface area contributed by atoms with Gasteiger partial charge < -0.3 is 20.3 Å². The van der Waals surface area contributed by atoms with Crippen LogP contribution in [0, 0.1) is 12.3 Å². The second-order valence-corrected chi connectivity index (χ2v) is 9.54. The molecule has 0 bridgehead atoms. The number of likely N-dealkylation sites (N-methyl/N-ethyl adjacent to an activating group) is 1. The van der Waals surface area contributed by atoms with Crippen LogP contribution in [0.3, 0.4) is 0 Å². The number of hydrogen-bond donors (Lipinski definition) is 2. The Bertz CT molecular complexity index is 1480. The first-order valence-corrected chi connectivity index (χ1v) is 13.2. The molecule has 0 aromatic heterocycles. The molecule has 0 aliphatic carbocycles. The molecule has 3 aromatic rings. The third-order valence-corrected chi connectivity index (χ3v) is 7.05. The molecule has 3 aromatic carbocycles. The fourth-order valence-electron chi connectivity index (χ4n) is 5.17. The molecule has 2 aliphatic rings. The van der Waals surface area contributed by atoms with Crippen molar-refractivity contribution in [3.05, 3.63) is 107 Å². The van der Waals surface area contributed by atoms with Crippen LogP contribution in [0.15, 0.2) is 96.2 Å². The van der Waals surface area contributed by atoms with Gasteiger partial charge in [0, 0.05) is 13.0 Å². The van der Waals surface area contributed by atoms with Crippen molar-refractivity contribution in [2.75, 3.05) is 19.6 Å². The zero-order valence-corrected chi connectivity index (χ0v) is 22.2. The monoisotopic (exact) mass is 534 g/mol. The van der Waals surface area contributed by atoms with Crippen LogP contribution in [-0.4, -0.2) is 53.3 Å². The predicted molar refractivity (Wildman–Crippen MR) is 151 cm³/mol. The van der Waals surface area contributed by atoms with Gasteiger partial charge in [-0.1, -0.05) is 66.6 Å². The van der Waals surface area contributed by atoms with E-state index in [1.54, 1.807) is 9.80 Å². The minimum atomic E-state index is -0.809. The number of para-hydroxylation sites is 1. The first-order chi connectivity index (χ1) is 19.5. The molecular formula is C32H30N4O4. The Labute approximate surface area is 233 Å². The van der Waals surface area contributed by atoms with Gasteiger partial charge in [0.1, 0.15) is 17.5 Å². The second kappa shape index (κ2) is 11.8. The first kappa shape index (κ1) is 26.6. The lowest BCUT2D eigenvalue weighted by Crippen LogP contribution is -2.50. The summed E-state index contributed by atoms with van der Waals surface area (Å²) >= 11 is 0. The lowest BCUT2D eigenvalue weighted by Gasteiger charge is -2.33. The number of amides is 4.